The molecule has 1 fully saturated rings. The highest BCUT2D eigenvalue weighted by molar-refractivity contribution is 6.30. The van der Waals surface area contributed by atoms with Crippen LogP contribution in [0.1, 0.15) is 35.3 Å². The third kappa shape index (κ3) is 3.66. The van der Waals surface area contributed by atoms with Gasteiger partial charge < -0.3 is 4.90 Å². The van der Waals surface area contributed by atoms with Crippen molar-refractivity contribution in [3.63, 3.8) is 0 Å². The predicted molar refractivity (Wildman–Crippen MR) is 104 cm³/mol. The van der Waals surface area contributed by atoms with E-state index in [1.807, 2.05) is 19.1 Å². The molecule has 140 valence electrons. The molecule has 27 heavy (non-hydrogen) atoms. The van der Waals surface area contributed by atoms with Gasteiger partial charge in [-0.25, -0.2) is 9.78 Å². The lowest BCUT2D eigenvalue weighted by atomic mass is 10.1. The first-order valence-corrected chi connectivity index (χ1v) is 9.29. The molecule has 3 heterocycles. The van der Waals surface area contributed by atoms with Gasteiger partial charge in [-0.2, -0.15) is 10.1 Å². The zero-order valence-electron chi connectivity index (χ0n) is 14.9. The number of hydrogen-bond acceptors (Lipinski definition) is 5. The minimum Gasteiger partial charge on any atom is -0.340 e. The van der Waals surface area contributed by atoms with E-state index in [9.17, 15) is 4.79 Å². The van der Waals surface area contributed by atoms with Crippen molar-refractivity contribution in [2.45, 2.75) is 26.2 Å². The molecule has 8 nitrogen and oxygen atoms in total. The molecule has 4 rings (SSSR count). The number of benzene rings is 1. The third-order valence-electron chi connectivity index (χ3n) is 4.65. The highest BCUT2D eigenvalue weighted by Crippen LogP contribution is 2.20. The van der Waals surface area contributed by atoms with E-state index in [0.29, 0.717) is 28.2 Å². The van der Waals surface area contributed by atoms with E-state index >= 15 is 0 Å². The van der Waals surface area contributed by atoms with Gasteiger partial charge in [0.15, 0.2) is 0 Å². The van der Waals surface area contributed by atoms with E-state index in [1.165, 1.54) is 12.6 Å². The molecule has 1 aliphatic heterocycles. The Morgan fingerprint density at radius 3 is 2.85 bits per heavy atom. The van der Waals surface area contributed by atoms with Gasteiger partial charge in [-0.15, -0.1) is 5.10 Å². The molecule has 0 atom stereocenters. The van der Waals surface area contributed by atoms with E-state index in [1.54, 1.807) is 16.8 Å². The van der Waals surface area contributed by atoms with E-state index in [4.69, 9.17) is 11.6 Å². The normalized spacial score (nSPS) is 14.4. The van der Waals surface area contributed by atoms with E-state index in [-0.39, 0.29) is 5.91 Å². The Balaban J connectivity index is 1.50. The topological polar surface area (TPSA) is 91.7 Å². The molecule has 0 saturated carbocycles. The summed E-state index contributed by atoms with van der Waals surface area (Å²) in [7, 11) is 0. The summed E-state index contributed by atoms with van der Waals surface area (Å²) in [6, 6.07) is 7.32. The highest BCUT2D eigenvalue weighted by Gasteiger charge is 2.19. The number of nitrogens with one attached hydrogen (secondary N) is 2. The molecule has 1 aliphatic rings. The average molecular weight is 386 g/mol. The van der Waals surface area contributed by atoms with Crippen LogP contribution in [0.4, 0.5) is 11.9 Å². The predicted octanol–water partition coefficient (Wildman–Crippen LogP) is 3.19. The number of halogens is 1. The maximum atomic E-state index is 12.6. The van der Waals surface area contributed by atoms with Crippen LogP contribution >= 0.6 is 11.6 Å². The van der Waals surface area contributed by atoms with Crippen LogP contribution in [0.15, 0.2) is 30.5 Å². The SMILES string of the molecule is Cc1c(C(=O)Nc2nc(N3CCCCC3)n[nH]2)cnn1-c1cccc(Cl)c1. The Hall–Kier alpha value is -2.87. The number of anilines is 2. The number of piperidine rings is 1. The number of nitrogens with zero attached hydrogens (tertiary/aromatic N) is 5. The molecule has 0 bridgehead atoms. The van der Waals surface area contributed by atoms with Gasteiger partial charge in [0, 0.05) is 18.1 Å². The number of H-pyrrole nitrogens is 1. The Labute approximate surface area is 161 Å². The van der Waals surface area contributed by atoms with Crippen LogP contribution in [0.2, 0.25) is 5.02 Å². The largest absolute Gasteiger partial charge is 0.340 e. The Morgan fingerprint density at radius 2 is 2.07 bits per heavy atom. The number of hydrogen-bond donors (Lipinski definition) is 2. The summed E-state index contributed by atoms with van der Waals surface area (Å²) in [6.45, 7) is 3.72. The van der Waals surface area contributed by atoms with Gasteiger partial charge in [0.1, 0.15) is 0 Å². The van der Waals surface area contributed by atoms with Gasteiger partial charge in [-0.3, -0.25) is 10.1 Å². The van der Waals surface area contributed by atoms with Crippen molar-refractivity contribution in [2.24, 2.45) is 0 Å². The number of aromatic nitrogens is 5. The standard InChI is InChI=1S/C18H20ClN7O/c1-12-15(11-20-26(12)14-7-5-6-13(19)10-14)16(27)21-17-22-18(24-23-17)25-8-3-2-4-9-25/h5-7,10-11H,2-4,8-9H2,1H3,(H2,21,22,23,24,27). The Morgan fingerprint density at radius 1 is 1.26 bits per heavy atom. The second kappa shape index (κ2) is 7.40. The summed E-state index contributed by atoms with van der Waals surface area (Å²) in [5.74, 6) is 0.661. The summed E-state index contributed by atoms with van der Waals surface area (Å²) >= 11 is 6.05. The molecule has 1 aromatic carbocycles. The van der Waals surface area contributed by atoms with Crippen LogP contribution in [0.5, 0.6) is 0 Å². The molecule has 2 aromatic heterocycles. The first-order valence-electron chi connectivity index (χ1n) is 8.91. The summed E-state index contributed by atoms with van der Waals surface area (Å²) in [5.41, 5.74) is 1.97. The monoisotopic (exact) mass is 385 g/mol. The number of aromatic amines is 1. The second-order valence-corrected chi connectivity index (χ2v) is 6.96. The molecule has 1 saturated heterocycles. The molecule has 9 heteroatoms. The number of carbonyl (C=O) groups is 1. The fraction of sp³-hybridized carbons (Fsp3) is 0.333. The minimum atomic E-state index is -0.290. The van der Waals surface area contributed by atoms with Gasteiger partial charge in [0.25, 0.3) is 5.91 Å². The van der Waals surface area contributed by atoms with Crippen molar-refractivity contribution in [3.05, 3.63) is 46.7 Å². The number of amides is 1. The summed E-state index contributed by atoms with van der Waals surface area (Å²) < 4.78 is 1.68. The van der Waals surface area contributed by atoms with Crippen molar-refractivity contribution in [1.29, 1.82) is 0 Å². The summed E-state index contributed by atoms with van der Waals surface area (Å²) in [6.07, 6.45) is 5.05. The van der Waals surface area contributed by atoms with Gasteiger partial charge in [-0.1, -0.05) is 17.7 Å². The van der Waals surface area contributed by atoms with Crippen molar-refractivity contribution < 1.29 is 4.79 Å². The lowest BCUT2D eigenvalue weighted by Crippen LogP contribution is -2.30. The molecule has 3 aromatic rings. The average Bonchev–Trinajstić information content (AvgIpc) is 3.29. The molecule has 0 radical (unpaired) electrons. The van der Waals surface area contributed by atoms with Crippen LogP contribution in [-0.4, -0.2) is 44.0 Å². The zero-order valence-corrected chi connectivity index (χ0v) is 15.7. The van der Waals surface area contributed by atoms with Gasteiger partial charge in [-0.05, 0) is 44.4 Å². The molecule has 0 spiro atoms. The molecule has 2 N–H and O–H groups in total. The quantitative estimate of drug-likeness (QED) is 0.719. The van der Waals surface area contributed by atoms with Crippen LogP contribution < -0.4 is 10.2 Å². The van der Waals surface area contributed by atoms with Gasteiger partial charge in [0.05, 0.1) is 23.1 Å². The lowest BCUT2D eigenvalue weighted by molar-refractivity contribution is 0.102. The summed E-state index contributed by atoms with van der Waals surface area (Å²) in [4.78, 5) is 19.2. The van der Waals surface area contributed by atoms with Crippen molar-refractivity contribution in [2.75, 3.05) is 23.3 Å². The van der Waals surface area contributed by atoms with Crippen LogP contribution in [0, 0.1) is 6.92 Å². The summed E-state index contributed by atoms with van der Waals surface area (Å²) in [5, 5.41) is 14.7. The van der Waals surface area contributed by atoms with Crippen LogP contribution in [0.3, 0.4) is 0 Å². The fourth-order valence-corrected chi connectivity index (χ4v) is 3.40. The van der Waals surface area contributed by atoms with Crippen molar-refractivity contribution in [3.8, 4) is 5.69 Å². The van der Waals surface area contributed by atoms with Crippen molar-refractivity contribution in [1.82, 2.24) is 25.0 Å². The first kappa shape index (κ1) is 17.5. The van der Waals surface area contributed by atoms with Crippen molar-refractivity contribution >= 4 is 29.4 Å². The Kier molecular flexibility index (Phi) is 4.81. The smallest absolute Gasteiger partial charge is 0.261 e. The molecule has 0 unspecified atom stereocenters. The maximum absolute atomic E-state index is 12.6. The third-order valence-corrected chi connectivity index (χ3v) is 4.89. The first-order chi connectivity index (χ1) is 13.1. The number of carbonyl (C=O) groups excluding carboxylic acids is 1. The Bertz CT molecular complexity index is 958. The lowest BCUT2D eigenvalue weighted by Gasteiger charge is -2.24. The maximum Gasteiger partial charge on any atom is 0.261 e. The molecular weight excluding hydrogens is 366 g/mol. The van der Waals surface area contributed by atoms with E-state index < -0.39 is 0 Å². The molecular formula is C18H20ClN7O. The number of rotatable bonds is 4. The van der Waals surface area contributed by atoms with Crippen LogP contribution in [0.25, 0.3) is 5.69 Å². The molecule has 0 aliphatic carbocycles. The molecule has 1 amide bonds. The van der Waals surface area contributed by atoms with Gasteiger partial charge >= 0.3 is 0 Å². The second-order valence-electron chi connectivity index (χ2n) is 6.52. The fourth-order valence-electron chi connectivity index (χ4n) is 3.22. The van der Waals surface area contributed by atoms with Crippen LogP contribution in [-0.2, 0) is 0 Å². The highest BCUT2D eigenvalue weighted by atomic mass is 35.5. The van der Waals surface area contributed by atoms with E-state index in [0.717, 1.165) is 31.6 Å². The van der Waals surface area contributed by atoms with Gasteiger partial charge in [0.2, 0.25) is 11.9 Å². The minimum absolute atomic E-state index is 0.290. The van der Waals surface area contributed by atoms with E-state index in [2.05, 4.69) is 30.5 Å². The zero-order chi connectivity index (χ0) is 18.8.